The van der Waals surface area contributed by atoms with Crippen molar-refractivity contribution in [2.45, 2.75) is 0 Å². The lowest BCUT2D eigenvalue weighted by Gasteiger charge is -2.14. The molecule has 0 aromatic heterocycles. The predicted octanol–water partition coefficient (Wildman–Crippen LogP) is 2.53. The molecule has 0 radical (unpaired) electrons. The molecule has 4 N–H and O–H groups in total. The molecule has 0 heterocycles. The molecule has 0 saturated heterocycles. The Hall–Kier alpha value is -4.60. The van der Waals surface area contributed by atoms with Gasteiger partial charge in [0.15, 0.2) is 0 Å². The summed E-state index contributed by atoms with van der Waals surface area (Å²) >= 11 is 0. The molecule has 0 aliphatic heterocycles. The fourth-order valence-electron chi connectivity index (χ4n) is 2.59. The fraction of sp³-hybridized carbons (Fsp3) is 0.0909. The van der Waals surface area contributed by atoms with Crippen molar-refractivity contribution in [3.05, 3.63) is 60.7 Å². The first kappa shape index (κ1) is 23.7. The van der Waals surface area contributed by atoms with Crippen LogP contribution in [0.4, 0.5) is 11.4 Å². The van der Waals surface area contributed by atoms with Gasteiger partial charge in [-0.3, -0.25) is 9.59 Å². The molecule has 0 unspecified atom stereocenters. The number of carbonyl (C=O) groups excluding carboxylic acids is 2. The molecule has 10 nitrogen and oxygen atoms in total. The van der Waals surface area contributed by atoms with Crippen LogP contribution in [-0.4, -0.2) is 48.2 Å². The Kier molecular flexibility index (Phi) is 8.12. The quantitative estimate of drug-likeness (QED) is 0.434. The molecule has 2 aromatic rings. The highest BCUT2D eigenvalue weighted by Gasteiger charge is 2.12. The van der Waals surface area contributed by atoms with Crippen molar-refractivity contribution in [1.82, 2.24) is 0 Å². The number of rotatable bonds is 9. The van der Waals surface area contributed by atoms with Gasteiger partial charge in [0, 0.05) is 24.3 Å². The van der Waals surface area contributed by atoms with Gasteiger partial charge in [-0.1, -0.05) is 12.1 Å². The van der Waals surface area contributed by atoms with E-state index >= 15 is 0 Å². The molecule has 0 atom stereocenters. The Balaban J connectivity index is 2.27. The van der Waals surface area contributed by atoms with Gasteiger partial charge >= 0.3 is 11.9 Å². The normalized spacial score (nSPS) is 10.7. The number of hydrogen-bond acceptors (Lipinski definition) is 6. The number of nitrogens with one attached hydrogen (secondary N) is 2. The largest absolute Gasteiger partial charge is 0.495 e. The van der Waals surface area contributed by atoms with Crippen LogP contribution in [0.1, 0.15) is 0 Å². The molecule has 166 valence electrons. The van der Waals surface area contributed by atoms with Crippen LogP contribution in [-0.2, 0) is 19.2 Å². The summed E-state index contributed by atoms with van der Waals surface area (Å²) in [7, 11) is 2.84. The Morgan fingerprint density at radius 2 is 1.06 bits per heavy atom. The van der Waals surface area contributed by atoms with Crippen molar-refractivity contribution < 1.29 is 38.9 Å². The first-order chi connectivity index (χ1) is 15.2. The first-order valence-corrected chi connectivity index (χ1v) is 9.04. The molecule has 10 heteroatoms. The Bertz CT molecular complexity index is 1020. The van der Waals surface area contributed by atoms with E-state index in [0.717, 1.165) is 24.3 Å². The molecule has 0 saturated carbocycles. The summed E-state index contributed by atoms with van der Waals surface area (Å²) in [4.78, 5) is 44.7. The zero-order chi connectivity index (χ0) is 23.7. The van der Waals surface area contributed by atoms with Crippen LogP contribution in [0.5, 0.6) is 11.5 Å². The smallest absolute Gasteiger partial charge is 0.328 e. The number of methoxy groups -OCH3 is 2. The highest BCUT2D eigenvalue weighted by Crippen LogP contribution is 2.35. The van der Waals surface area contributed by atoms with Crippen molar-refractivity contribution in [3.63, 3.8) is 0 Å². The molecule has 2 aromatic carbocycles. The van der Waals surface area contributed by atoms with Gasteiger partial charge in [-0.25, -0.2) is 9.59 Å². The molecular formula is C22H20N2O8. The third-order valence-electron chi connectivity index (χ3n) is 4.01. The van der Waals surface area contributed by atoms with Crippen molar-refractivity contribution in [2.75, 3.05) is 24.9 Å². The Morgan fingerprint density at radius 1 is 0.688 bits per heavy atom. The zero-order valence-electron chi connectivity index (χ0n) is 17.1. The maximum Gasteiger partial charge on any atom is 0.328 e. The van der Waals surface area contributed by atoms with Gasteiger partial charge in [-0.2, -0.15) is 0 Å². The minimum Gasteiger partial charge on any atom is -0.495 e. The van der Waals surface area contributed by atoms with E-state index in [1.54, 1.807) is 36.4 Å². The van der Waals surface area contributed by atoms with Crippen LogP contribution in [0, 0.1) is 0 Å². The topological polar surface area (TPSA) is 151 Å². The Morgan fingerprint density at radius 3 is 1.38 bits per heavy atom. The van der Waals surface area contributed by atoms with Crippen molar-refractivity contribution in [1.29, 1.82) is 0 Å². The summed E-state index contributed by atoms with van der Waals surface area (Å²) in [5, 5.41) is 22.3. The second kappa shape index (κ2) is 11.0. The van der Waals surface area contributed by atoms with Gasteiger partial charge in [0.1, 0.15) is 11.5 Å². The summed E-state index contributed by atoms with van der Waals surface area (Å²) in [6.07, 6.45) is 3.22. The molecule has 32 heavy (non-hydrogen) atoms. The van der Waals surface area contributed by atoms with E-state index in [2.05, 4.69) is 10.6 Å². The average molecular weight is 440 g/mol. The molecule has 2 rings (SSSR count). The van der Waals surface area contributed by atoms with E-state index in [1.165, 1.54) is 14.2 Å². The second-order valence-corrected chi connectivity index (χ2v) is 6.15. The highest BCUT2D eigenvalue weighted by atomic mass is 16.5. The molecule has 0 fully saturated rings. The lowest BCUT2D eigenvalue weighted by molar-refractivity contribution is -0.132. The van der Waals surface area contributed by atoms with Crippen molar-refractivity contribution >= 4 is 35.1 Å². The van der Waals surface area contributed by atoms with Crippen LogP contribution in [0.2, 0.25) is 0 Å². The van der Waals surface area contributed by atoms with Gasteiger partial charge in [-0.05, 0) is 35.4 Å². The van der Waals surface area contributed by atoms with Gasteiger partial charge < -0.3 is 30.3 Å². The standard InChI is InChI=1S/C22H20N2O8/c1-31-17-11-13(3-5-15(17)23-19(25)7-9-21(27)28)14-4-6-16(18(12-14)32-2)24-20(26)8-10-22(29)30/h3-12H,1-2H3,(H,23,25)(H,24,26)(H,27,28)(H,29,30)/b9-7-,10-8-. The third kappa shape index (κ3) is 6.73. The summed E-state index contributed by atoms with van der Waals surface area (Å²) in [6.45, 7) is 0. The second-order valence-electron chi connectivity index (χ2n) is 6.15. The SMILES string of the molecule is COc1cc(-c2ccc(NC(=O)/C=C\C(=O)O)c(OC)c2)ccc1NC(=O)/C=C\C(=O)O. The van der Waals surface area contributed by atoms with Crippen LogP contribution >= 0.6 is 0 Å². The molecule has 2 amide bonds. The van der Waals surface area contributed by atoms with Crippen LogP contribution in [0.3, 0.4) is 0 Å². The van der Waals surface area contributed by atoms with Crippen LogP contribution in [0.25, 0.3) is 11.1 Å². The van der Waals surface area contributed by atoms with Crippen molar-refractivity contribution in [2.24, 2.45) is 0 Å². The minimum absolute atomic E-state index is 0.342. The van der Waals surface area contributed by atoms with Crippen molar-refractivity contribution in [3.8, 4) is 22.6 Å². The number of amides is 2. The molecule has 0 bridgehead atoms. The number of aliphatic carboxylic acids is 2. The monoisotopic (exact) mass is 440 g/mol. The predicted molar refractivity (Wildman–Crippen MR) is 116 cm³/mol. The summed E-state index contributed by atoms with van der Waals surface area (Å²) in [6, 6.07) is 9.95. The highest BCUT2D eigenvalue weighted by molar-refractivity contribution is 6.04. The van der Waals surface area contributed by atoms with Crippen LogP contribution < -0.4 is 20.1 Å². The van der Waals surface area contributed by atoms with Crippen LogP contribution in [0.15, 0.2) is 60.7 Å². The van der Waals surface area contributed by atoms with E-state index in [9.17, 15) is 19.2 Å². The Labute approximate surface area is 182 Å². The number of hydrogen-bond donors (Lipinski definition) is 4. The maximum absolute atomic E-state index is 11.8. The van der Waals surface area contributed by atoms with E-state index in [4.69, 9.17) is 19.7 Å². The van der Waals surface area contributed by atoms with Gasteiger partial charge in [0.2, 0.25) is 11.8 Å². The number of carboxylic acid groups (broad SMARTS) is 2. The molecule has 0 spiro atoms. The average Bonchev–Trinajstić information content (AvgIpc) is 2.76. The van der Waals surface area contributed by atoms with Gasteiger partial charge in [0.05, 0.1) is 25.6 Å². The van der Waals surface area contributed by atoms with E-state index in [0.29, 0.717) is 34.0 Å². The number of benzene rings is 2. The fourth-order valence-corrected chi connectivity index (χ4v) is 2.59. The number of ether oxygens (including phenoxy) is 2. The summed E-state index contributed by atoms with van der Waals surface area (Å²) in [5.74, 6) is -3.05. The lowest BCUT2D eigenvalue weighted by atomic mass is 10.0. The molecule has 0 aliphatic carbocycles. The summed E-state index contributed by atoms with van der Waals surface area (Å²) < 4.78 is 10.6. The zero-order valence-corrected chi connectivity index (χ0v) is 17.1. The maximum atomic E-state index is 11.8. The lowest BCUT2D eigenvalue weighted by Crippen LogP contribution is -2.10. The molecular weight excluding hydrogens is 420 g/mol. The van der Waals surface area contributed by atoms with Gasteiger partial charge in [-0.15, -0.1) is 0 Å². The summed E-state index contributed by atoms with van der Waals surface area (Å²) in [5.41, 5.74) is 2.11. The number of anilines is 2. The first-order valence-electron chi connectivity index (χ1n) is 9.04. The van der Waals surface area contributed by atoms with E-state index in [1.807, 2.05) is 0 Å². The molecule has 0 aliphatic rings. The number of carbonyl (C=O) groups is 4. The van der Waals surface area contributed by atoms with Gasteiger partial charge in [0.25, 0.3) is 0 Å². The number of carboxylic acids is 2. The minimum atomic E-state index is -1.24. The third-order valence-corrected chi connectivity index (χ3v) is 4.01. The van der Waals surface area contributed by atoms with E-state index in [-0.39, 0.29) is 0 Å². The van der Waals surface area contributed by atoms with E-state index < -0.39 is 23.8 Å².